The largest absolute Gasteiger partial charge is 0.120 e. The van der Waals surface area contributed by atoms with Gasteiger partial charge in [0.15, 0.2) is 0 Å². The summed E-state index contributed by atoms with van der Waals surface area (Å²) in [6, 6.07) is 6.71. The minimum Gasteiger partial charge on any atom is -0.120 e. The highest BCUT2D eigenvalue weighted by Gasteiger charge is 2.16. The van der Waals surface area contributed by atoms with E-state index in [0.29, 0.717) is 5.92 Å². The lowest BCUT2D eigenvalue weighted by molar-refractivity contribution is 0.584. The number of aryl methyl sites for hydroxylation is 1. The Labute approximate surface area is 100 Å². The van der Waals surface area contributed by atoms with Gasteiger partial charge in [0, 0.05) is 5.92 Å². The van der Waals surface area contributed by atoms with Crippen LogP contribution in [0.3, 0.4) is 0 Å². The van der Waals surface area contributed by atoms with E-state index in [-0.39, 0.29) is 5.41 Å². The average molecular weight is 214 g/mol. The number of rotatable bonds is 2. The van der Waals surface area contributed by atoms with Crippen LogP contribution in [0.15, 0.2) is 18.2 Å². The van der Waals surface area contributed by atoms with Crippen molar-refractivity contribution in [1.29, 1.82) is 0 Å². The molecule has 0 aliphatic heterocycles. The van der Waals surface area contributed by atoms with Crippen molar-refractivity contribution in [1.82, 2.24) is 0 Å². The molecule has 0 saturated heterocycles. The summed E-state index contributed by atoms with van der Waals surface area (Å²) in [5.74, 6) is 3.10. The van der Waals surface area contributed by atoms with E-state index in [0.717, 1.165) is 6.42 Å². The van der Waals surface area contributed by atoms with Crippen LogP contribution < -0.4 is 0 Å². The lowest BCUT2D eigenvalue weighted by atomic mass is 9.82. The van der Waals surface area contributed by atoms with E-state index in [1.807, 2.05) is 0 Å². The van der Waals surface area contributed by atoms with Gasteiger partial charge in [0.1, 0.15) is 0 Å². The monoisotopic (exact) mass is 214 g/mol. The van der Waals surface area contributed by atoms with Gasteiger partial charge in [-0.2, -0.15) is 0 Å². The molecule has 0 N–H and O–H groups in total. The third-order valence-electron chi connectivity index (χ3n) is 2.94. The van der Waals surface area contributed by atoms with Gasteiger partial charge in [0.2, 0.25) is 0 Å². The van der Waals surface area contributed by atoms with Gasteiger partial charge < -0.3 is 0 Å². The van der Waals surface area contributed by atoms with Crippen LogP contribution in [0.4, 0.5) is 0 Å². The molecule has 0 bridgehead atoms. The lowest BCUT2D eigenvalue weighted by Crippen LogP contribution is -2.13. The Morgan fingerprint density at radius 2 is 1.94 bits per heavy atom. The van der Waals surface area contributed by atoms with E-state index >= 15 is 0 Å². The van der Waals surface area contributed by atoms with Crippen LogP contribution in [0.1, 0.15) is 44.4 Å². The van der Waals surface area contributed by atoms with Crippen LogP contribution in [-0.4, -0.2) is 0 Å². The Bertz CT molecular complexity index is 399. The van der Waals surface area contributed by atoms with Crippen molar-refractivity contribution >= 4 is 0 Å². The molecule has 0 amide bonds. The summed E-state index contributed by atoms with van der Waals surface area (Å²) >= 11 is 0. The fraction of sp³-hybridized carbons (Fsp3) is 0.500. The molecule has 0 aromatic heterocycles. The van der Waals surface area contributed by atoms with Crippen molar-refractivity contribution in [2.75, 3.05) is 0 Å². The molecular weight excluding hydrogens is 192 g/mol. The zero-order chi connectivity index (χ0) is 12.3. The molecule has 0 nitrogen and oxygen atoms in total. The fourth-order valence-electron chi connectivity index (χ4n) is 2.02. The highest BCUT2D eigenvalue weighted by molar-refractivity contribution is 5.36. The molecule has 1 unspecified atom stereocenters. The summed E-state index contributed by atoms with van der Waals surface area (Å²) in [5.41, 5.74) is 4.35. The minimum atomic E-state index is 0.208. The first-order valence-corrected chi connectivity index (χ1v) is 5.90. The van der Waals surface area contributed by atoms with E-state index in [2.05, 4.69) is 58.7 Å². The van der Waals surface area contributed by atoms with E-state index in [9.17, 15) is 0 Å². The molecule has 0 saturated carbocycles. The van der Waals surface area contributed by atoms with E-state index < -0.39 is 0 Å². The Morgan fingerprint density at radius 1 is 1.31 bits per heavy atom. The van der Waals surface area contributed by atoms with Gasteiger partial charge in [-0.25, -0.2) is 0 Å². The first-order chi connectivity index (χ1) is 7.34. The normalized spacial score (nSPS) is 13.2. The topological polar surface area (TPSA) is 0 Å². The molecule has 1 aromatic carbocycles. The standard InChI is InChI=1S/C16H22/c1-7-12(2)10-14-9-8-13(3)15(11-14)16(4,5)6/h1,8-9,11-12H,10H2,2-6H3. The molecule has 0 aliphatic carbocycles. The molecular formula is C16H22. The van der Waals surface area contributed by atoms with Crippen LogP contribution in [0.2, 0.25) is 0 Å². The van der Waals surface area contributed by atoms with Gasteiger partial charge in [-0.1, -0.05) is 45.9 Å². The van der Waals surface area contributed by atoms with Gasteiger partial charge >= 0.3 is 0 Å². The number of terminal acetylenes is 1. The predicted molar refractivity (Wildman–Crippen MR) is 71.6 cm³/mol. The highest BCUT2D eigenvalue weighted by Crippen LogP contribution is 2.27. The SMILES string of the molecule is C#CC(C)Cc1ccc(C)c(C(C)(C)C)c1. The van der Waals surface area contributed by atoms with E-state index in [4.69, 9.17) is 6.42 Å². The third kappa shape index (κ3) is 3.14. The zero-order valence-electron chi connectivity index (χ0n) is 11.1. The second-order valence-electron chi connectivity index (χ2n) is 5.67. The van der Waals surface area contributed by atoms with Crippen molar-refractivity contribution in [3.63, 3.8) is 0 Å². The quantitative estimate of drug-likeness (QED) is 0.650. The molecule has 16 heavy (non-hydrogen) atoms. The summed E-state index contributed by atoms with van der Waals surface area (Å²) in [6.45, 7) is 11.0. The molecule has 1 aromatic rings. The Morgan fingerprint density at radius 3 is 2.44 bits per heavy atom. The van der Waals surface area contributed by atoms with Gasteiger partial charge in [-0.3, -0.25) is 0 Å². The van der Waals surface area contributed by atoms with Crippen LogP contribution in [-0.2, 0) is 11.8 Å². The smallest absolute Gasteiger partial charge is 0.0212 e. The zero-order valence-corrected chi connectivity index (χ0v) is 11.1. The van der Waals surface area contributed by atoms with Crippen molar-refractivity contribution in [2.45, 2.75) is 46.5 Å². The molecule has 0 spiro atoms. The maximum Gasteiger partial charge on any atom is 0.0212 e. The van der Waals surface area contributed by atoms with Crippen LogP contribution in [0, 0.1) is 25.2 Å². The predicted octanol–water partition coefficient (Wildman–Crippen LogP) is 4.10. The molecule has 0 aliphatic rings. The van der Waals surface area contributed by atoms with Crippen molar-refractivity contribution < 1.29 is 0 Å². The Balaban J connectivity index is 3.04. The fourth-order valence-corrected chi connectivity index (χ4v) is 2.02. The molecule has 0 heterocycles. The second kappa shape index (κ2) is 4.74. The third-order valence-corrected chi connectivity index (χ3v) is 2.94. The second-order valence-corrected chi connectivity index (χ2v) is 5.67. The molecule has 0 fully saturated rings. The van der Waals surface area contributed by atoms with Gasteiger partial charge in [-0.15, -0.1) is 12.3 Å². The summed E-state index contributed by atoms with van der Waals surface area (Å²) in [5, 5.41) is 0. The summed E-state index contributed by atoms with van der Waals surface area (Å²) in [6.07, 6.45) is 6.40. The summed E-state index contributed by atoms with van der Waals surface area (Å²) in [7, 11) is 0. The number of hydrogen-bond acceptors (Lipinski definition) is 0. The van der Waals surface area contributed by atoms with Crippen molar-refractivity contribution in [2.24, 2.45) is 5.92 Å². The molecule has 86 valence electrons. The van der Waals surface area contributed by atoms with E-state index in [1.54, 1.807) is 0 Å². The Hall–Kier alpha value is -1.22. The maximum absolute atomic E-state index is 5.42. The van der Waals surface area contributed by atoms with Crippen LogP contribution in [0.5, 0.6) is 0 Å². The number of hydrogen-bond donors (Lipinski definition) is 0. The maximum atomic E-state index is 5.42. The minimum absolute atomic E-state index is 0.208. The molecule has 0 radical (unpaired) electrons. The average Bonchev–Trinajstić information content (AvgIpc) is 2.19. The summed E-state index contributed by atoms with van der Waals surface area (Å²) in [4.78, 5) is 0. The summed E-state index contributed by atoms with van der Waals surface area (Å²) < 4.78 is 0. The number of benzene rings is 1. The molecule has 1 rings (SSSR count). The molecule has 0 heteroatoms. The highest BCUT2D eigenvalue weighted by atomic mass is 14.2. The Kier molecular flexibility index (Phi) is 3.81. The molecule has 1 atom stereocenters. The first kappa shape index (κ1) is 12.8. The first-order valence-electron chi connectivity index (χ1n) is 5.90. The van der Waals surface area contributed by atoms with Gasteiger partial charge in [0.05, 0.1) is 0 Å². The van der Waals surface area contributed by atoms with Crippen LogP contribution >= 0.6 is 0 Å². The van der Waals surface area contributed by atoms with Gasteiger partial charge in [0.25, 0.3) is 0 Å². The van der Waals surface area contributed by atoms with Crippen molar-refractivity contribution in [3.05, 3.63) is 34.9 Å². The van der Waals surface area contributed by atoms with Crippen molar-refractivity contribution in [3.8, 4) is 12.3 Å². The lowest BCUT2D eigenvalue weighted by Gasteiger charge is -2.22. The van der Waals surface area contributed by atoms with Gasteiger partial charge in [-0.05, 0) is 35.4 Å². The van der Waals surface area contributed by atoms with E-state index in [1.165, 1.54) is 16.7 Å². The van der Waals surface area contributed by atoms with Crippen LogP contribution in [0.25, 0.3) is 0 Å².